The Labute approximate surface area is 182 Å². The number of piperidine rings is 1. The highest BCUT2D eigenvalue weighted by Gasteiger charge is 2.29. The average Bonchev–Trinajstić information content (AvgIpc) is 3.28. The third-order valence-corrected chi connectivity index (χ3v) is 7.31. The van der Waals surface area contributed by atoms with Gasteiger partial charge in [0.2, 0.25) is 5.13 Å². The van der Waals surface area contributed by atoms with Crippen molar-refractivity contribution in [2.75, 3.05) is 6.54 Å². The molecule has 1 atom stereocenters. The molecule has 30 heavy (non-hydrogen) atoms. The SMILES string of the molecule is CCC1CCCCN1C(=O)c1sc(-n2nc(C)c(Cc3ccccc3)c2C)nc1C. The predicted octanol–water partition coefficient (Wildman–Crippen LogP) is 5.25. The van der Waals surface area contributed by atoms with Gasteiger partial charge >= 0.3 is 0 Å². The van der Waals surface area contributed by atoms with Crippen molar-refractivity contribution in [2.45, 2.75) is 65.8 Å². The van der Waals surface area contributed by atoms with Crippen molar-refractivity contribution in [3.05, 3.63) is 63.4 Å². The number of amides is 1. The number of aryl methyl sites for hydroxylation is 2. The lowest BCUT2D eigenvalue weighted by atomic mass is 10.00. The number of hydrogen-bond acceptors (Lipinski definition) is 4. The molecule has 158 valence electrons. The van der Waals surface area contributed by atoms with E-state index in [0.717, 1.165) is 59.3 Å². The van der Waals surface area contributed by atoms with Gasteiger partial charge in [-0.25, -0.2) is 9.67 Å². The van der Waals surface area contributed by atoms with E-state index in [2.05, 4.69) is 43.0 Å². The normalized spacial score (nSPS) is 16.8. The molecule has 2 aromatic heterocycles. The number of likely N-dealkylation sites (tertiary alicyclic amines) is 1. The van der Waals surface area contributed by atoms with Crippen molar-refractivity contribution in [3.8, 4) is 5.13 Å². The summed E-state index contributed by atoms with van der Waals surface area (Å²) in [5.41, 5.74) is 5.40. The fourth-order valence-corrected chi connectivity index (χ4v) is 5.44. The second-order valence-electron chi connectivity index (χ2n) is 8.19. The van der Waals surface area contributed by atoms with Gasteiger partial charge in [0.15, 0.2) is 0 Å². The first-order valence-corrected chi connectivity index (χ1v) is 11.7. The fourth-order valence-electron chi connectivity index (χ4n) is 4.41. The molecule has 1 unspecified atom stereocenters. The van der Waals surface area contributed by atoms with Crippen LogP contribution < -0.4 is 0 Å². The molecular formula is C24H30N4OS. The van der Waals surface area contributed by atoms with Crippen molar-refractivity contribution in [1.29, 1.82) is 0 Å². The lowest BCUT2D eigenvalue weighted by Crippen LogP contribution is -2.43. The zero-order valence-electron chi connectivity index (χ0n) is 18.3. The Bertz CT molecular complexity index is 1040. The molecule has 3 heterocycles. The quantitative estimate of drug-likeness (QED) is 0.564. The summed E-state index contributed by atoms with van der Waals surface area (Å²) in [6.45, 7) is 9.10. The van der Waals surface area contributed by atoms with Crippen molar-refractivity contribution in [1.82, 2.24) is 19.7 Å². The number of nitrogens with zero attached hydrogens (tertiary/aromatic N) is 4. The van der Waals surface area contributed by atoms with Crippen LogP contribution in [0.4, 0.5) is 0 Å². The van der Waals surface area contributed by atoms with Crippen molar-refractivity contribution < 1.29 is 4.79 Å². The smallest absolute Gasteiger partial charge is 0.266 e. The predicted molar refractivity (Wildman–Crippen MR) is 122 cm³/mol. The zero-order chi connectivity index (χ0) is 21.3. The summed E-state index contributed by atoms with van der Waals surface area (Å²) in [5.74, 6) is 0.133. The molecule has 1 aliphatic heterocycles. The van der Waals surface area contributed by atoms with E-state index >= 15 is 0 Å². The van der Waals surface area contributed by atoms with Gasteiger partial charge in [-0.1, -0.05) is 48.6 Å². The summed E-state index contributed by atoms with van der Waals surface area (Å²) in [6.07, 6.45) is 5.27. The minimum absolute atomic E-state index is 0.133. The highest BCUT2D eigenvalue weighted by molar-refractivity contribution is 7.16. The standard InChI is InChI=1S/C24H30N4OS/c1-5-20-13-9-10-14-27(20)23(29)22-17(3)25-24(30-22)28-18(4)21(16(2)26-28)15-19-11-7-6-8-12-19/h6-8,11-12,20H,5,9-10,13-15H2,1-4H3. The molecule has 3 aromatic rings. The summed E-state index contributed by atoms with van der Waals surface area (Å²) >= 11 is 1.47. The number of hydrogen-bond donors (Lipinski definition) is 0. The van der Waals surface area contributed by atoms with Crippen LogP contribution in [0.3, 0.4) is 0 Å². The highest BCUT2D eigenvalue weighted by Crippen LogP contribution is 2.29. The highest BCUT2D eigenvalue weighted by atomic mass is 32.1. The molecule has 5 nitrogen and oxygen atoms in total. The maximum atomic E-state index is 13.3. The van der Waals surface area contributed by atoms with Crippen LogP contribution in [0.1, 0.15) is 70.5 Å². The molecule has 4 rings (SSSR count). The van der Waals surface area contributed by atoms with Gasteiger partial charge in [-0.15, -0.1) is 0 Å². The van der Waals surface area contributed by atoms with E-state index in [1.54, 1.807) is 0 Å². The van der Waals surface area contributed by atoms with Gasteiger partial charge in [0.1, 0.15) is 4.88 Å². The minimum Gasteiger partial charge on any atom is -0.335 e. The number of benzene rings is 1. The van der Waals surface area contributed by atoms with Gasteiger partial charge in [0.25, 0.3) is 5.91 Å². The van der Waals surface area contributed by atoms with Crippen LogP contribution in [0.2, 0.25) is 0 Å². The Hall–Kier alpha value is -2.47. The van der Waals surface area contributed by atoms with E-state index in [4.69, 9.17) is 10.1 Å². The first-order valence-electron chi connectivity index (χ1n) is 10.9. The summed E-state index contributed by atoms with van der Waals surface area (Å²) in [5, 5.41) is 5.55. The van der Waals surface area contributed by atoms with Gasteiger partial charge in [-0.05, 0) is 52.0 Å². The summed E-state index contributed by atoms with van der Waals surface area (Å²) < 4.78 is 1.91. The van der Waals surface area contributed by atoms with E-state index in [-0.39, 0.29) is 5.91 Å². The van der Waals surface area contributed by atoms with E-state index in [1.165, 1.54) is 28.9 Å². The largest absolute Gasteiger partial charge is 0.335 e. The molecule has 0 saturated carbocycles. The Balaban J connectivity index is 1.63. The average molecular weight is 423 g/mol. The van der Waals surface area contributed by atoms with Gasteiger partial charge in [0, 0.05) is 30.3 Å². The first kappa shape index (κ1) is 20.8. The van der Waals surface area contributed by atoms with Crippen LogP contribution in [-0.2, 0) is 6.42 Å². The van der Waals surface area contributed by atoms with Gasteiger partial charge in [0.05, 0.1) is 11.4 Å². The van der Waals surface area contributed by atoms with Crippen LogP contribution in [0, 0.1) is 20.8 Å². The second kappa shape index (κ2) is 8.72. The van der Waals surface area contributed by atoms with Crippen molar-refractivity contribution >= 4 is 17.2 Å². The summed E-state index contributed by atoms with van der Waals surface area (Å²) in [7, 11) is 0. The van der Waals surface area contributed by atoms with E-state index in [9.17, 15) is 4.79 Å². The Morgan fingerprint density at radius 2 is 1.90 bits per heavy atom. The molecule has 1 amide bonds. The van der Waals surface area contributed by atoms with Crippen LogP contribution in [-0.4, -0.2) is 38.2 Å². The Morgan fingerprint density at radius 1 is 1.13 bits per heavy atom. The number of thiazole rings is 1. The summed E-state index contributed by atoms with van der Waals surface area (Å²) in [4.78, 5) is 20.9. The molecule has 1 saturated heterocycles. The van der Waals surface area contributed by atoms with Gasteiger partial charge in [-0.2, -0.15) is 5.10 Å². The first-order chi connectivity index (χ1) is 14.5. The number of carbonyl (C=O) groups is 1. The molecule has 1 aromatic carbocycles. The lowest BCUT2D eigenvalue weighted by molar-refractivity contribution is 0.0612. The monoisotopic (exact) mass is 422 g/mol. The Morgan fingerprint density at radius 3 is 2.63 bits per heavy atom. The topological polar surface area (TPSA) is 51.0 Å². The van der Waals surface area contributed by atoms with Gasteiger partial charge < -0.3 is 4.90 Å². The number of carbonyl (C=O) groups excluding carboxylic acids is 1. The zero-order valence-corrected chi connectivity index (χ0v) is 19.1. The molecule has 6 heteroatoms. The molecule has 1 fully saturated rings. The van der Waals surface area contributed by atoms with E-state index in [0.29, 0.717) is 6.04 Å². The fraction of sp³-hybridized carbons (Fsp3) is 0.458. The Kier molecular flexibility index (Phi) is 6.04. The van der Waals surface area contributed by atoms with Crippen LogP contribution in [0.5, 0.6) is 0 Å². The second-order valence-corrected chi connectivity index (χ2v) is 9.17. The molecule has 0 bridgehead atoms. The van der Waals surface area contributed by atoms with E-state index < -0.39 is 0 Å². The molecule has 0 N–H and O–H groups in total. The molecular weight excluding hydrogens is 392 g/mol. The third-order valence-electron chi connectivity index (χ3n) is 6.18. The van der Waals surface area contributed by atoms with E-state index in [1.807, 2.05) is 24.6 Å². The third kappa shape index (κ3) is 3.93. The van der Waals surface area contributed by atoms with Gasteiger partial charge in [-0.3, -0.25) is 4.79 Å². The molecule has 0 aliphatic carbocycles. The lowest BCUT2D eigenvalue weighted by Gasteiger charge is -2.35. The van der Waals surface area contributed by atoms with Crippen molar-refractivity contribution in [3.63, 3.8) is 0 Å². The van der Waals surface area contributed by atoms with Crippen LogP contribution in [0.15, 0.2) is 30.3 Å². The minimum atomic E-state index is 0.133. The molecule has 1 aliphatic rings. The molecule has 0 radical (unpaired) electrons. The summed E-state index contributed by atoms with van der Waals surface area (Å²) in [6, 6.07) is 10.8. The number of aromatic nitrogens is 3. The maximum absolute atomic E-state index is 13.3. The van der Waals surface area contributed by atoms with Crippen LogP contribution in [0.25, 0.3) is 5.13 Å². The number of rotatable bonds is 5. The van der Waals surface area contributed by atoms with Crippen LogP contribution >= 0.6 is 11.3 Å². The molecule has 0 spiro atoms. The van der Waals surface area contributed by atoms with Crippen molar-refractivity contribution in [2.24, 2.45) is 0 Å². The maximum Gasteiger partial charge on any atom is 0.266 e.